The number of hydrogen-bond donors (Lipinski definition) is 2. The van der Waals surface area contributed by atoms with Crippen LogP contribution in [0.2, 0.25) is 0 Å². The van der Waals surface area contributed by atoms with E-state index in [-0.39, 0.29) is 11.8 Å². The van der Waals surface area contributed by atoms with Gasteiger partial charge in [-0.25, -0.2) is 4.79 Å². The Morgan fingerprint density at radius 3 is 2.24 bits per heavy atom. The molecule has 0 aliphatic heterocycles. The van der Waals surface area contributed by atoms with Gasteiger partial charge in [-0.3, -0.25) is 9.59 Å². The first-order chi connectivity index (χ1) is 17.4. The molecule has 7 nitrogen and oxygen atoms in total. The molecule has 0 aliphatic carbocycles. The van der Waals surface area contributed by atoms with Crippen LogP contribution < -0.4 is 10.6 Å². The molecule has 7 heteroatoms. The van der Waals surface area contributed by atoms with Crippen molar-refractivity contribution < 1.29 is 19.1 Å². The number of nitrogens with zero attached hydrogens (tertiary/aromatic N) is 1. The molecule has 0 fully saturated rings. The predicted molar refractivity (Wildman–Crippen MR) is 147 cm³/mol. The number of rotatable bonds is 11. The van der Waals surface area contributed by atoms with E-state index in [1.807, 2.05) is 62.4 Å². The SMILES string of the molecule is CCCCCN(C(=O)C(C)NC(=O)OC(C)(C)C)C(C(=O)NCc1ccccc1)c1ccc(C)c(C)c1. The van der Waals surface area contributed by atoms with Crippen LogP contribution in [0.25, 0.3) is 0 Å². The second kappa shape index (κ2) is 13.8. The maximum Gasteiger partial charge on any atom is 0.408 e. The molecule has 0 aliphatic rings. The quantitative estimate of drug-likeness (QED) is 0.386. The molecule has 2 rings (SSSR count). The van der Waals surface area contributed by atoms with Crippen LogP contribution in [0.3, 0.4) is 0 Å². The van der Waals surface area contributed by atoms with Crippen molar-refractivity contribution >= 4 is 17.9 Å². The van der Waals surface area contributed by atoms with Crippen molar-refractivity contribution in [3.8, 4) is 0 Å². The summed E-state index contributed by atoms with van der Waals surface area (Å²) >= 11 is 0. The molecule has 3 amide bonds. The van der Waals surface area contributed by atoms with Crippen molar-refractivity contribution in [2.24, 2.45) is 0 Å². The van der Waals surface area contributed by atoms with E-state index >= 15 is 0 Å². The fourth-order valence-corrected chi connectivity index (χ4v) is 3.98. The number of carbonyl (C=O) groups excluding carboxylic acids is 3. The number of ether oxygens (including phenoxy) is 1. The van der Waals surface area contributed by atoms with E-state index in [1.165, 1.54) is 0 Å². The molecule has 2 atom stereocenters. The van der Waals surface area contributed by atoms with Crippen molar-refractivity contribution in [1.29, 1.82) is 0 Å². The molecule has 37 heavy (non-hydrogen) atoms. The zero-order valence-electron chi connectivity index (χ0n) is 23.4. The van der Waals surface area contributed by atoms with Crippen LogP contribution in [0.1, 0.15) is 82.2 Å². The van der Waals surface area contributed by atoms with Gasteiger partial charge in [-0.15, -0.1) is 0 Å². The molecule has 2 aromatic carbocycles. The lowest BCUT2D eigenvalue weighted by atomic mass is 9.98. The summed E-state index contributed by atoms with van der Waals surface area (Å²) in [6.07, 6.45) is 1.97. The van der Waals surface area contributed by atoms with Gasteiger partial charge in [0.15, 0.2) is 0 Å². The first-order valence-electron chi connectivity index (χ1n) is 13.1. The molecule has 0 heterocycles. The van der Waals surface area contributed by atoms with Crippen LogP contribution in [0.4, 0.5) is 4.79 Å². The lowest BCUT2D eigenvalue weighted by molar-refractivity contribution is -0.142. The Morgan fingerprint density at radius 1 is 0.973 bits per heavy atom. The maximum absolute atomic E-state index is 13.8. The molecule has 0 saturated carbocycles. The summed E-state index contributed by atoms with van der Waals surface area (Å²) in [5.74, 6) is -0.596. The van der Waals surface area contributed by atoms with Crippen LogP contribution in [-0.2, 0) is 20.9 Å². The Balaban J connectivity index is 2.39. The van der Waals surface area contributed by atoms with Crippen LogP contribution in [0, 0.1) is 13.8 Å². The lowest BCUT2D eigenvalue weighted by Gasteiger charge is -2.34. The third-order valence-corrected chi connectivity index (χ3v) is 6.11. The molecule has 0 spiro atoms. The zero-order valence-corrected chi connectivity index (χ0v) is 23.4. The zero-order chi connectivity index (χ0) is 27.6. The molecule has 202 valence electrons. The standard InChI is InChI=1S/C30H43N3O4/c1-8-9-13-18-33(28(35)23(4)32-29(36)37-30(5,6)7)26(25-17-16-21(2)22(3)19-25)27(34)31-20-24-14-11-10-12-15-24/h10-12,14-17,19,23,26H,8-9,13,18,20H2,1-7H3,(H,31,34)(H,32,36). The normalized spacial score (nSPS) is 12.8. The van der Waals surface area contributed by atoms with Gasteiger partial charge in [0.05, 0.1) is 0 Å². The smallest absolute Gasteiger partial charge is 0.408 e. The van der Waals surface area contributed by atoms with Gasteiger partial charge in [0.2, 0.25) is 11.8 Å². The average Bonchev–Trinajstić information content (AvgIpc) is 2.83. The van der Waals surface area contributed by atoms with Gasteiger partial charge >= 0.3 is 6.09 Å². The molecule has 2 aromatic rings. The first-order valence-corrected chi connectivity index (χ1v) is 13.1. The van der Waals surface area contributed by atoms with Gasteiger partial charge in [-0.05, 0) is 70.2 Å². The van der Waals surface area contributed by atoms with E-state index in [0.29, 0.717) is 13.1 Å². The van der Waals surface area contributed by atoms with E-state index in [2.05, 4.69) is 17.6 Å². The van der Waals surface area contributed by atoms with Crippen LogP contribution in [-0.4, -0.2) is 41.0 Å². The highest BCUT2D eigenvalue weighted by Crippen LogP contribution is 2.26. The lowest BCUT2D eigenvalue weighted by Crippen LogP contribution is -2.52. The second-order valence-corrected chi connectivity index (χ2v) is 10.6. The van der Waals surface area contributed by atoms with Crippen LogP contribution in [0.5, 0.6) is 0 Å². The molecular weight excluding hydrogens is 466 g/mol. The van der Waals surface area contributed by atoms with Crippen molar-refractivity contribution in [2.45, 2.75) is 92.0 Å². The van der Waals surface area contributed by atoms with Crippen LogP contribution >= 0.6 is 0 Å². The Kier molecular flexibility index (Phi) is 11.2. The molecule has 0 radical (unpaired) electrons. The number of hydrogen-bond acceptors (Lipinski definition) is 4. The minimum atomic E-state index is -0.868. The molecule has 0 saturated heterocycles. The van der Waals surface area contributed by atoms with Gasteiger partial charge in [0.25, 0.3) is 0 Å². The number of amides is 3. The van der Waals surface area contributed by atoms with Gasteiger partial charge < -0.3 is 20.3 Å². The second-order valence-electron chi connectivity index (χ2n) is 10.6. The number of nitrogens with one attached hydrogen (secondary N) is 2. The summed E-state index contributed by atoms with van der Waals surface area (Å²) < 4.78 is 5.35. The van der Waals surface area contributed by atoms with Gasteiger partial charge in [0, 0.05) is 13.1 Å². The number of alkyl carbamates (subject to hydrolysis) is 1. The summed E-state index contributed by atoms with van der Waals surface area (Å²) in [5, 5.41) is 5.67. The largest absolute Gasteiger partial charge is 0.444 e. The fourth-order valence-electron chi connectivity index (χ4n) is 3.98. The molecular formula is C30H43N3O4. The van der Waals surface area contributed by atoms with Crippen molar-refractivity contribution in [2.75, 3.05) is 6.54 Å². The summed E-state index contributed by atoms with van der Waals surface area (Å²) in [6.45, 7) is 13.8. The summed E-state index contributed by atoms with van der Waals surface area (Å²) in [6, 6.07) is 13.8. The van der Waals surface area contributed by atoms with E-state index in [9.17, 15) is 14.4 Å². The van der Waals surface area contributed by atoms with Gasteiger partial charge in [-0.2, -0.15) is 0 Å². The third kappa shape index (κ3) is 9.56. The number of carbonyl (C=O) groups is 3. The third-order valence-electron chi connectivity index (χ3n) is 6.11. The molecule has 2 N–H and O–H groups in total. The minimum Gasteiger partial charge on any atom is -0.444 e. The summed E-state index contributed by atoms with van der Waals surface area (Å²) in [5.41, 5.74) is 3.17. The van der Waals surface area contributed by atoms with Crippen molar-refractivity contribution in [1.82, 2.24) is 15.5 Å². The van der Waals surface area contributed by atoms with Crippen molar-refractivity contribution in [3.05, 3.63) is 70.8 Å². The topological polar surface area (TPSA) is 87.7 Å². The Labute approximate surface area is 222 Å². The van der Waals surface area contributed by atoms with E-state index in [1.54, 1.807) is 32.6 Å². The van der Waals surface area contributed by atoms with Crippen molar-refractivity contribution in [3.63, 3.8) is 0 Å². The Bertz CT molecular complexity index is 1050. The molecule has 0 bridgehead atoms. The van der Waals surface area contributed by atoms with Crippen LogP contribution in [0.15, 0.2) is 48.5 Å². The Morgan fingerprint density at radius 2 is 1.65 bits per heavy atom. The number of aryl methyl sites for hydroxylation is 2. The average molecular weight is 510 g/mol. The molecule has 0 aromatic heterocycles. The fraction of sp³-hybridized carbons (Fsp3) is 0.500. The van der Waals surface area contributed by atoms with Gasteiger partial charge in [-0.1, -0.05) is 68.3 Å². The molecule has 2 unspecified atom stereocenters. The van der Waals surface area contributed by atoms with Gasteiger partial charge in [0.1, 0.15) is 17.7 Å². The van der Waals surface area contributed by atoms with E-state index in [0.717, 1.165) is 41.5 Å². The Hall–Kier alpha value is -3.35. The summed E-state index contributed by atoms with van der Waals surface area (Å²) in [7, 11) is 0. The maximum atomic E-state index is 13.8. The highest BCUT2D eigenvalue weighted by molar-refractivity contribution is 5.92. The minimum absolute atomic E-state index is 0.263. The predicted octanol–water partition coefficient (Wildman–Crippen LogP) is 5.59. The highest BCUT2D eigenvalue weighted by atomic mass is 16.6. The van der Waals surface area contributed by atoms with E-state index in [4.69, 9.17) is 4.74 Å². The van der Waals surface area contributed by atoms with E-state index < -0.39 is 23.8 Å². The summed E-state index contributed by atoms with van der Waals surface area (Å²) in [4.78, 5) is 41.5. The monoisotopic (exact) mass is 509 g/mol. The number of benzene rings is 2. The highest BCUT2D eigenvalue weighted by Gasteiger charge is 2.34. The number of unbranched alkanes of at least 4 members (excludes halogenated alkanes) is 2. The first kappa shape index (κ1) is 29.9.